The maximum Gasteiger partial charge on any atom is 0.272 e. The maximum atomic E-state index is 11.8. The van der Waals surface area contributed by atoms with Crippen molar-refractivity contribution in [2.75, 3.05) is 5.33 Å². The highest BCUT2D eigenvalue weighted by Crippen LogP contribution is 2.06. The largest absolute Gasteiger partial charge is 0.347 e. The number of rotatable bonds is 5. The molecule has 4 nitrogen and oxygen atoms in total. The minimum atomic E-state index is -0.177. The first kappa shape index (κ1) is 13.2. The standard InChI is InChI=1S/C12H12BrN3OS/c13-7-10(6-9-4-2-1-3-5-9)14-12(17)11-8-18-16-15-11/h1-5,8,10H,6-7H2,(H,14,17). The van der Waals surface area contributed by atoms with Crippen LogP contribution in [0.5, 0.6) is 0 Å². The maximum absolute atomic E-state index is 11.8. The number of halogens is 1. The van der Waals surface area contributed by atoms with Gasteiger partial charge in [0.1, 0.15) is 0 Å². The van der Waals surface area contributed by atoms with E-state index in [4.69, 9.17) is 0 Å². The van der Waals surface area contributed by atoms with Gasteiger partial charge in [0.05, 0.1) is 0 Å². The van der Waals surface area contributed by atoms with Crippen molar-refractivity contribution in [3.8, 4) is 0 Å². The van der Waals surface area contributed by atoms with Crippen LogP contribution in [0.2, 0.25) is 0 Å². The molecule has 1 amide bonds. The highest BCUT2D eigenvalue weighted by atomic mass is 79.9. The lowest BCUT2D eigenvalue weighted by Gasteiger charge is -2.15. The third-order valence-electron chi connectivity index (χ3n) is 2.44. The van der Waals surface area contributed by atoms with E-state index in [0.29, 0.717) is 11.0 Å². The van der Waals surface area contributed by atoms with Crippen LogP contribution in [0.3, 0.4) is 0 Å². The van der Waals surface area contributed by atoms with E-state index in [9.17, 15) is 4.79 Å². The number of amides is 1. The fourth-order valence-electron chi connectivity index (χ4n) is 1.57. The molecular weight excluding hydrogens is 314 g/mol. The second kappa shape index (κ2) is 6.61. The van der Waals surface area contributed by atoms with E-state index in [1.807, 2.05) is 30.3 Å². The molecule has 0 fully saturated rings. The van der Waals surface area contributed by atoms with Gasteiger partial charge in [-0.1, -0.05) is 50.8 Å². The Labute approximate surface area is 118 Å². The smallest absolute Gasteiger partial charge is 0.272 e. The average Bonchev–Trinajstić information content (AvgIpc) is 2.93. The van der Waals surface area contributed by atoms with Crippen molar-refractivity contribution in [3.05, 3.63) is 47.0 Å². The van der Waals surface area contributed by atoms with Crippen molar-refractivity contribution in [2.45, 2.75) is 12.5 Å². The molecule has 0 spiro atoms. The lowest BCUT2D eigenvalue weighted by atomic mass is 10.1. The lowest BCUT2D eigenvalue weighted by Crippen LogP contribution is -2.37. The third kappa shape index (κ3) is 3.61. The van der Waals surface area contributed by atoms with Crippen LogP contribution in [0.15, 0.2) is 35.7 Å². The van der Waals surface area contributed by atoms with E-state index >= 15 is 0 Å². The summed E-state index contributed by atoms with van der Waals surface area (Å²) < 4.78 is 3.68. The molecule has 2 aromatic rings. The van der Waals surface area contributed by atoms with Gasteiger partial charge >= 0.3 is 0 Å². The monoisotopic (exact) mass is 325 g/mol. The van der Waals surface area contributed by atoms with E-state index in [2.05, 4.69) is 30.8 Å². The number of hydrogen-bond donors (Lipinski definition) is 1. The van der Waals surface area contributed by atoms with Gasteiger partial charge < -0.3 is 5.32 Å². The van der Waals surface area contributed by atoms with Gasteiger partial charge in [0.25, 0.3) is 5.91 Å². The average molecular weight is 326 g/mol. The van der Waals surface area contributed by atoms with E-state index in [0.717, 1.165) is 6.42 Å². The topological polar surface area (TPSA) is 54.9 Å². The van der Waals surface area contributed by atoms with Crippen molar-refractivity contribution in [3.63, 3.8) is 0 Å². The van der Waals surface area contributed by atoms with Crippen LogP contribution in [0.4, 0.5) is 0 Å². The Bertz CT molecular complexity index is 489. The zero-order valence-corrected chi connectivity index (χ0v) is 11.9. The van der Waals surface area contributed by atoms with Gasteiger partial charge in [-0.3, -0.25) is 4.79 Å². The van der Waals surface area contributed by atoms with Crippen molar-refractivity contribution in [1.82, 2.24) is 14.9 Å². The molecule has 6 heteroatoms. The third-order valence-corrected chi connectivity index (χ3v) is 3.73. The van der Waals surface area contributed by atoms with Crippen molar-refractivity contribution in [2.24, 2.45) is 0 Å². The highest BCUT2D eigenvalue weighted by molar-refractivity contribution is 9.09. The van der Waals surface area contributed by atoms with Crippen molar-refractivity contribution >= 4 is 33.4 Å². The fraction of sp³-hybridized carbons (Fsp3) is 0.250. The summed E-state index contributed by atoms with van der Waals surface area (Å²) in [5.41, 5.74) is 1.57. The fourth-order valence-corrected chi connectivity index (χ4v) is 2.39. The summed E-state index contributed by atoms with van der Waals surface area (Å²) >= 11 is 4.59. The van der Waals surface area contributed by atoms with Crippen LogP contribution in [0, 0.1) is 0 Å². The Morgan fingerprint density at radius 2 is 2.17 bits per heavy atom. The van der Waals surface area contributed by atoms with Crippen LogP contribution in [0.1, 0.15) is 16.1 Å². The van der Waals surface area contributed by atoms with Crippen molar-refractivity contribution in [1.29, 1.82) is 0 Å². The molecule has 0 bridgehead atoms. The van der Waals surface area contributed by atoms with Crippen molar-refractivity contribution < 1.29 is 4.79 Å². The predicted octanol–water partition coefficient (Wildman–Crippen LogP) is 2.27. The molecule has 0 aliphatic rings. The van der Waals surface area contributed by atoms with E-state index < -0.39 is 0 Å². The Hall–Kier alpha value is -1.27. The van der Waals surface area contributed by atoms with Gasteiger partial charge in [0.15, 0.2) is 5.69 Å². The molecule has 0 radical (unpaired) electrons. The summed E-state index contributed by atoms with van der Waals surface area (Å²) in [4.78, 5) is 11.8. The Balaban J connectivity index is 1.96. The summed E-state index contributed by atoms with van der Waals surface area (Å²) in [6.07, 6.45) is 0.787. The molecule has 1 aromatic carbocycles. The molecule has 2 rings (SSSR count). The number of carbonyl (C=O) groups excluding carboxylic acids is 1. The number of carbonyl (C=O) groups is 1. The molecule has 1 unspecified atom stereocenters. The van der Waals surface area contributed by atoms with E-state index in [1.165, 1.54) is 17.1 Å². The molecule has 1 N–H and O–H groups in total. The molecule has 94 valence electrons. The molecule has 0 saturated carbocycles. The molecule has 18 heavy (non-hydrogen) atoms. The number of alkyl halides is 1. The number of nitrogens with zero attached hydrogens (tertiary/aromatic N) is 2. The molecule has 1 aromatic heterocycles. The van der Waals surface area contributed by atoms with Crippen LogP contribution in [-0.4, -0.2) is 26.9 Å². The Kier molecular flexibility index (Phi) is 4.83. The normalized spacial score (nSPS) is 12.1. The molecule has 1 atom stereocenters. The summed E-state index contributed by atoms with van der Waals surface area (Å²) in [6.45, 7) is 0. The highest BCUT2D eigenvalue weighted by Gasteiger charge is 2.15. The van der Waals surface area contributed by atoms with E-state index in [1.54, 1.807) is 5.38 Å². The summed E-state index contributed by atoms with van der Waals surface area (Å²) in [7, 11) is 0. The second-order valence-corrected chi connectivity index (χ2v) is 5.06. The van der Waals surface area contributed by atoms with E-state index in [-0.39, 0.29) is 11.9 Å². The van der Waals surface area contributed by atoms with Crippen LogP contribution >= 0.6 is 27.5 Å². The SMILES string of the molecule is O=C(NC(CBr)Cc1ccccc1)c1csnn1. The molecule has 1 heterocycles. The van der Waals surface area contributed by atoms with Gasteiger partial charge in [-0.2, -0.15) is 0 Å². The molecule has 0 aliphatic carbocycles. The van der Waals surface area contributed by atoms with Gasteiger partial charge in [0.2, 0.25) is 0 Å². The molecular formula is C12H12BrN3OS. The predicted molar refractivity (Wildman–Crippen MR) is 75.1 cm³/mol. The second-order valence-electron chi connectivity index (χ2n) is 3.80. The first-order valence-electron chi connectivity index (χ1n) is 5.47. The van der Waals surface area contributed by atoms with Gasteiger partial charge in [-0.05, 0) is 23.5 Å². The Morgan fingerprint density at radius 1 is 1.39 bits per heavy atom. The number of nitrogens with one attached hydrogen (secondary N) is 1. The summed E-state index contributed by atoms with van der Waals surface area (Å²) in [6, 6.07) is 10.1. The zero-order valence-electron chi connectivity index (χ0n) is 9.54. The number of aromatic nitrogens is 2. The van der Waals surface area contributed by atoms with Crippen LogP contribution in [0.25, 0.3) is 0 Å². The first-order valence-corrected chi connectivity index (χ1v) is 7.43. The number of hydrogen-bond acceptors (Lipinski definition) is 4. The van der Waals surface area contributed by atoms with Gasteiger partial charge in [-0.15, -0.1) is 5.10 Å². The minimum Gasteiger partial charge on any atom is -0.347 e. The van der Waals surface area contributed by atoms with Gasteiger partial charge in [0, 0.05) is 16.8 Å². The molecule has 0 aliphatic heterocycles. The van der Waals surface area contributed by atoms with Gasteiger partial charge in [-0.25, -0.2) is 0 Å². The van der Waals surface area contributed by atoms with Crippen LogP contribution < -0.4 is 5.32 Å². The quantitative estimate of drug-likeness (QED) is 0.858. The Morgan fingerprint density at radius 3 is 2.78 bits per heavy atom. The lowest BCUT2D eigenvalue weighted by molar-refractivity contribution is 0.0936. The molecule has 0 saturated heterocycles. The number of benzene rings is 1. The summed E-state index contributed by atoms with van der Waals surface area (Å²) in [5, 5.41) is 9.03. The minimum absolute atomic E-state index is 0.0431. The zero-order chi connectivity index (χ0) is 12.8. The first-order chi connectivity index (χ1) is 8.79. The van der Waals surface area contributed by atoms with Crippen LogP contribution in [-0.2, 0) is 6.42 Å². The summed E-state index contributed by atoms with van der Waals surface area (Å²) in [5.74, 6) is -0.177.